The Morgan fingerprint density at radius 3 is 2.79 bits per heavy atom. The van der Waals surface area contributed by atoms with Gasteiger partial charge in [-0.15, -0.1) is 0 Å². The van der Waals surface area contributed by atoms with Crippen molar-refractivity contribution in [3.05, 3.63) is 29.3 Å². The molecule has 2 heteroatoms. The second-order valence-electron chi connectivity index (χ2n) is 4.78. The summed E-state index contributed by atoms with van der Waals surface area (Å²) in [6.07, 6.45) is 2.12. The number of anilines is 1. The van der Waals surface area contributed by atoms with Gasteiger partial charge in [-0.1, -0.05) is 19.9 Å². The molecule has 1 aromatic rings. The summed E-state index contributed by atoms with van der Waals surface area (Å²) < 4.78 is 0. The van der Waals surface area contributed by atoms with Crippen LogP contribution < -0.4 is 11.5 Å². The number of benzene rings is 1. The Hall–Kier alpha value is -1.02. The molecule has 76 valence electrons. The first-order valence-corrected chi connectivity index (χ1v) is 5.16. The number of hydrogen-bond donors (Lipinski definition) is 2. The summed E-state index contributed by atoms with van der Waals surface area (Å²) in [5.74, 6) is 0. The van der Waals surface area contributed by atoms with Crippen LogP contribution in [0.2, 0.25) is 0 Å². The minimum atomic E-state index is 0.0846. The smallest absolute Gasteiger partial charge is 0.0316 e. The first-order chi connectivity index (χ1) is 6.51. The lowest BCUT2D eigenvalue weighted by Crippen LogP contribution is -2.44. The highest BCUT2D eigenvalue weighted by Gasteiger charge is 2.33. The highest BCUT2D eigenvalue weighted by Crippen LogP contribution is 2.36. The van der Waals surface area contributed by atoms with Crippen LogP contribution in [0.5, 0.6) is 0 Å². The standard InChI is InChI=1S/C12H18N2/c1-12(2)10-5-4-9(13)7-8(10)3-6-11(12)14/h4-5,7,11H,3,6,13-14H2,1-2H3. The number of hydrogen-bond acceptors (Lipinski definition) is 2. The van der Waals surface area contributed by atoms with E-state index in [-0.39, 0.29) is 11.5 Å². The molecule has 0 aromatic heterocycles. The van der Waals surface area contributed by atoms with Crippen molar-refractivity contribution in [3.63, 3.8) is 0 Å². The average Bonchev–Trinajstić information content (AvgIpc) is 2.12. The number of nitrogen functional groups attached to an aromatic ring is 1. The Labute approximate surface area is 85.3 Å². The summed E-state index contributed by atoms with van der Waals surface area (Å²) in [6, 6.07) is 6.45. The van der Waals surface area contributed by atoms with Crippen LogP contribution >= 0.6 is 0 Å². The minimum Gasteiger partial charge on any atom is -0.399 e. The maximum absolute atomic E-state index is 6.13. The van der Waals surface area contributed by atoms with Crippen molar-refractivity contribution < 1.29 is 0 Å². The van der Waals surface area contributed by atoms with Crippen molar-refractivity contribution in [2.75, 3.05) is 5.73 Å². The fraction of sp³-hybridized carbons (Fsp3) is 0.500. The van der Waals surface area contributed by atoms with E-state index in [4.69, 9.17) is 11.5 Å². The SMILES string of the molecule is CC1(C)c2ccc(N)cc2CCC1N. The van der Waals surface area contributed by atoms with Crippen molar-refractivity contribution in [1.82, 2.24) is 0 Å². The fourth-order valence-electron chi connectivity index (χ4n) is 2.32. The van der Waals surface area contributed by atoms with Gasteiger partial charge in [-0.2, -0.15) is 0 Å². The predicted molar refractivity (Wildman–Crippen MR) is 60.2 cm³/mol. The second-order valence-corrected chi connectivity index (χ2v) is 4.78. The summed E-state index contributed by atoms with van der Waals surface area (Å²) in [5, 5.41) is 0. The maximum atomic E-state index is 6.13. The quantitative estimate of drug-likeness (QED) is 0.613. The molecule has 0 heterocycles. The molecule has 0 fully saturated rings. The van der Waals surface area contributed by atoms with Gasteiger partial charge in [0.25, 0.3) is 0 Å². The molecule has 1 atom stereocenters. The topological polar surface area (TPSA) is 52.0 Å². The average molecular weight is 190 g/mol. The van der Waals surface area contributed by atoms with E-state index in [1.54, 1.807) is 0 Å². The van der Waals surface area contributed by atoms with Gasteiger partial charge in [0.2, 0.25) is 0 Å². The predicted octanol–water partition coefficient (Wildman–Crippen LogP) is 1.82. The Kier molecular flexibility index (Phi) is 2.04. The Bertz CT molecular complexity index is 355. The monoisotopic (exact) mass is 190 g/mol. The molecule has 1 aliphatic carbocycles. The molecule has 0 amide bonds. The number of nitrogens with two attached hydrogens (primary N) is 2. The zero-order valence-corrected chi connectivity index (χ0v) is 8.88. The lowest BCUT2D eigenvalue weighted by Gasteiger charge is -2.38. The van der Waals surface area contributed by atoms with E-state index in [9.17, 15) is 0 Å². The molecular formula is C12H18N2. The van der Waals surface area contributed by atoms with Crippen LogP contribution in [-0.4, -0.2) is 6.04 Å². The van der Waals surface area contributed by atoms with Crippen LogP contribution in [0.25, 0.3) is 0 Å². The van der Waals surface area contributed by atoms with Crippen LogP contribution in [0.15, 0.2) is 18.2 Å². The summed E-state index contributed by atoms with van der Waals surface area (Å²) in [7, 11) is 0. The first kappa shape index (κ1) is 9.53. The fourth-order valence-corrected chi connectivity index (χ4v) is 2.32. The maximum Gasteiger partial charge on any atom is 0.0316 e. The van der Waals surface area contributed by atoms with Crippen LogP contribution in [0, 0.1) is 0 Å². The molecule has 0 spiro atoms. The molecular weight excluding hydrogens is 172 g/mol. The van der Waals surface area contributed by atoms with E-state index in [1.165, 1.54) is 11.1 Å². The molecule has 0 saturated heterocycles. The molecule has 14 heavy (non-hydrogen) atoms. The Morgan fingerprint density at radius 1 is 1.36 bits per heavy atom. The largest absolute Gasteiger partial charge is 0.399 e. The van der Waals surface area contributed by atoms with Gasteiger partial charge in [-0.3, -0.25) is 0 Å². The van der Waals surface area contributed by atoms with Gasteiger partial charge in [-0.25, -0.2) is 0 Å². The molecule has 1 aromatic carbocycles. The molecule has 4 N–H and O–H groups in total. The van der Waals surface area contributed by atoms with Crippen molar-refractivity contribution in [1.29, 1.82) is 0 Å². The van der Waals surface area contributed by atoms with Crippen LogP contribution in [-0.2, 0) is 11.8 Å². The summed E-state index contributed by atoms with van der Waals surface area (Å²) in [6.45, 7) is 4.43. The summed E-state index contributed by atoms with van der Waals surface area (Å²) >= 11 is 0. The Morgan fingerprint density at radius 2 is 2.07 bits per heavy atom. The first-order valence-electron chi connectivity index (χ1n) is 5.16. The van der Waals surface area contributed by atoms with Crippen LogP contribution in [0.1, 0.15) is 31.4 Å². The third kappa shape index (κ3) is 1.30. The van der Waals surface area contributed by atoms with Gasteiger partial charge in [-0.05, 0) is 36.1 Å². The molecule has 0 saturated carbocycles. The summed E-state index contributed by atoms with van der Waals surface area (Å²) in [5.41, 5.74) is 15.6. The molecule has 1 aliphatic rings. The van der Waals surface area contributed by atoms with Crippen LogP contribution in [0.3, 0.4) is 0 Å². The third-order valence-electron chi connectivity index (χ3n) is 3.48. The second kappa shape index (κ2) is 2.99. The highest BCUT2D eigenvalue weighted by molar-refractivity contribution is 5.48. The minimum absolute atomic E-state index is 0.0846. The number of fused-ring (bicyclic) bond motifs is 1. The normalized spacial score (nSPS) is 24.4. The highest BCUT2D eigenvalue weighted by atomic mass is 14.7. The third-order valence-corrected chi connectivity index (χ3v) is 3.48. The van der Waals surface area contributed by atoms with Gasteiger partial charge < -0.3 is 11.5 Å². The van der Waals surface area contributed by atoms with E-state index in [1.807, 2.05) is 6.07 Å². The van der Waals surface area contributed by atoms with E-state index in [0.717, 1.165) is 18.5 Å². The number of rotatable bonds is 0. The lowest BCUT2D eigenvalue weighted by atomic mass is 9.69. The molecule has 0 radical (unpaired) electrons. The van der Waals surface area contributed by atoms with Crippen molar-refractivity contribution in [2.45, 2.75) is 38.1 Å². The van der Waals surface area contributed by atoms with Crippen molar-refractivity contribution >= 4 is 5.69 Å². The van der Waals surface area contributed by atoms with Gasteiger partial charge >= 0.3 is 0 Å². The molecule has 2 nitrogen and oxygen atoms in total. The van der Waals surface area contributed by atoms with Gasteiger partial charge in [0, 0.05) is 17.1 Å². The van der Waals surface area contributed by atoms with Gasteiger partial charge in [0.15, 0.2) is 0 Å². The Balaban J connectivity index is 2.53. The van der Waals surface area contributed by atoms with Crippen molar-refractivity contribution in [2.24, 2.45) is 5.73 Å². The number of aryl methyl sites for hydroxylation is 1. The zero-order chi connectivity index (χ0) is 10.3. The van der Waals surface area contributed by atoms with E-state index >= 15 is 0 Å². The molecule has 0 bridgehead atoms. The lowest BCUT2D eigenvalue weighted by molar-refractivity contribution is 0.364. The van der Waals surface area contributed by atoms with Crippen LogP contribution in [0.4, 0.5) is 5.69 Å². The summed E-state index contributed by atoms with van der Waals surface area (Å²) in [4.78, 5) is 0. The van der Waals surface area contributed by atoms with E-state index in [0.29, 0.717) is 0 Å². The zero-order valence-electron chi connectivity index (χ0n) is 8.88. The molecule has 2 rings (SSSR count). The molecule has 0 aliphatic heterocycles. The van der Waals surface area contributed by atoms with Crippen molar-refractivity contribution in [3.8, 4) is 0 Å². The van der Waals surface area contributed by atoms with E-state index < -0.39 is 0 Å². The van der Waals surface area contributed by atoms with E-state index in [2.05, 4.69) is 26.0 Å². The molecule has 1 unspecified atom stereocenters. The van der Waals surface area contributed by atoms with Gasteiger partial charge in [0.05, 0.1) is 0 Å². The van der Waals surface area contributed by atoms with Gasteiger partial charge in [0.1, 0.15) is 0 Å².